The molecule has 0 unspecified atom stereocenters. The van der Waals surface area contributed by atoms with Crippen molar-refractivity contribution < 1.29 is 4.74 Å². The fourth-order valence-electron chi connectivity index (χ4n) is 1.88. The fraction of sp³-hybridized carbons (Fsp3) is 0.538. The summed E-state index contributed by atoms with van der Waals surface area (Å²) in [6, 6.07) is 8.59. The Labute approximate surface area is 91.6 Å². The number of aryl methyl sites for hydroxylation is 1. The molecular formula is C13H19NO. The molecule has 1 aromatic rings. The van der Waals surface area contributed by atoms with Crippen LogP contribution in [0.1, 0.15) is 18.4 Å². The molecule has 1 fully saturated rings. The topological polar surface area (TPSA) is 21.3 Å². The highest BCUT2D eigenvalue weighted by Crippen LogP contribution is 2.16. The molecule has 2 nitrogen and oxygen atoms in total. The lowest BCUT2D eigenvalue weighted by Gasteiger charge is -2.22. The van der Waals surface area contributed by atoms with Crippen LogP contribution in [-0.4, -0.2) is 19.8 Å². The first-order valence-corrected chi connectivity index (χ1v) is 5.73. The van der Waals surface area contributed by atoms with E-state index in [1.54, 1.807) is 0 Å². The second-order valence-electron chi connectivity index (χ2n) is 4.30. The first-order valence-electron chi connectivity index (χ1n) is 5.73. The van der Waals surface area contributed by atoms with E-state index in [-0.39, 0.29) is 0 Å². The highest BCUT2D eigenvalue weighted by molar-refractivity contribution is 5.44. The molecule has 1 heterocycles. The minimum Gasteiger partial charge on any atom is -0.385 e. The summed E-state index contributed by atoms with van der Waals surface area (Å²) in [6.07, 6.45) is 2.39. The van der Waals surface area contributed by atoms with Crippen LogP contribution in [-0.2, 0) is 4.74 Å². The van der Waals surface area contributed by atoms with Gasteiger partial charge in [-0.3, -0.25) is 0 Å². The van der Waals surface area contributed by atoms with Gasteiger partial charge in [0.2, 0.25) is 0 Å². The molecule has 0 spiro atoms. The van der Waals surface area contributed by atoms with Crippen molar-refractivity contribution >= 4 is 5.69 Å². The van der Waals surface area contributed by atoms with Crippen molar-refractivity contribution in [3.05, 3.63) is 29.8 Å². The summed E-state index contributed by atoms with van der Waals surface area (Å²) in [5.74, 6) is 0.778. The number of benzene rings is 1. The molecule has 2 rings (SSSR count). The molecular weight excluding hydrogens is 186 g/mol. The number of rotatable bonds is 3. The maximum atomic E-state index is 5.34. The molecule has 2 heteroatoms. The maximum absolute atomic E-state index is 5.34. The summed E-state index contributed by atoms with van der Waals surface area (Å²) >= 11 is 0. The van der Waals surface area contributed by atoms with Crippen molar-refractivity contribution in [1.82, 2.24) is 0 Å². The largest absolute Gasteiger partial charge is 0.385 e. The first-order chi connectivity index (χ1) is 7.34. The summed E-state index contributed by atoms with van der Waals surface area (Å²) in [5.41, 5.74) is 2.54. The fourth-order valence-corrected chi connectivity index (χ4v) is 1.88. The van der Waals surface area contributed by atoms with Crippen LogP contribution in [0.5, 0.6) is 0 Å². The van der Waals surface area contributed by atoms with Crippen molar-refractivity contribution in [2.45, 2.75) is 19.8 Å². The van der Waals surface area contributed by atoms with Crippen molar-refractivity contribution in [2.24, 2.45) is 5.92 Å². The molecule has 1 aliphatic rings. The Morgan fingerprint density at radius 1 is 1.20 bits per heavy atom. The molecule has 82 valence electrons. The van der Waals surface area contributed by atoms with Crippen LogP contribution in [0.15, 0.2) is 24.3 Å². The Kier molecular flexibility index (Phi) is 3.62. The SMILES string of the molecule is Cc1ccc(NCC2CCOCC2)cc1. The van der Waals surface area contributed by atoms with Crippen molar-refractivity contribution in [1.29, 1.82) is 0 Å². The third-order valence-corrected chi connectivity index (χ3v) is 2.99. The van der Waals surface area contributed by atoms with Gasteiger partial charge in [-0.05, 0) is 37.8 Å². The van der Waals surface area contributed by atoms with E-state index in [0.717, 1.165) is 25.7 Å². The summed E-state index contributed by atoms with van der Waals surface area (Å²) in [4.78, 5) is 0. The third-order valence-electron chi connectivity index (χ3n) is 2.99. The smallest absolute Gasteiger partial charge is 0.0469 e. The Morgan fingerprint density at radius 2 is 1.87 bits per heavy atom. The lowest BCUT2D eigenvalue weighted by molar-refractivity contribution is 0.0699. The second kappa shape index (κ2) is 5.17. The van der Waals surface area contributed by atoms with E-state index in [1.807, 2.05) is 0 Å². The van der Waals surface area contributed by atoms with E-state index in [0.29, 0.717) is 0 Å². The Balaban J connectivity index is 1.79. The Hall–Kier alpha value is -1.02. The van der Waals surface area contributed by atoms with Gasteiger partial charge < -0.3 is 10.1 Å². The molecule has 0 amide bonds. The summed E-state index contributed by atoms with van der Waals surface area (Å²) in [6.45, 7) is 5.05. The molecule has 0 atom stereocenters. The zero-order chi connectivity index (χ0) is 10.5. The molecule has 0 aromatic heterocycles. The van der Waals surface area contributed by atoms with Crippen molar-refractivity contribution in [3.8, 4) is 0 Å². The van der Waals surface area contributed by atoms with E-state index in [1.165, 1.54) is 24.1 Å². The molecule has 0 radical (unpaired) electrons. The van der Waals surface area contributed by atoms with Gasteiger partial charge in [0.1, 0.15) is 0 Å². The normalized spacial score (nSPS) is 17.7. The Bertz CT molecular complexity index is 288. The lowest BCUT2D eigenvalue weighted by atomic mass is 10.0. The maximum Gasteiger partial charge on any atom is 0.0469 e. The second-order valence-corrected chi connectivity index (χ2v) is 4.30. The summed E-state index contributed by atoms with van der Waals surface area (Å²) in [7, 11) is 0. The number of anilines is 1. The van der Waals surface area contributed by atoms with Gasteiger partial charge in [-0.1, -0.05) is 17.7 Å². The van der Waals surface area contributed by atoms with E-state index in [4.69, 9.17) is 4.74 Å². The van der Waals surface area contributed by atoms with Crippen LogP contribution in [0.4, 0.5) is 5.69 Å². The van der Waals surface area contributed by atoms with Crippen molar-refractivity contribution in [2.75, 3.05) is 25.1 Å². The van der Waals surface area contributed by atoms with Gasteiger partial charge >= 0.3 is 0 Å². The predicted octanol–water partition coefficient (Wildman–Crippen LogP) is 2.83. The van der Waals surface area contributed by atoms with Crippen molar-refractivity contribution in [3.63, 3.8) is 0 Å². The van der Waals surface area contributed by atoms with Crippen LogP contribution in [0.25, 0.3) is 0 Å². The molecule has 0 bridgehead atoms. The molecule has 1 aliphatic heterocycles. The van der Waals surface area contributed by atoms with Gasteiger partial charge in [0.05, 0.1) is 0 Å². The van der Waals surface area contributed by atoms with Gasteiger partial charge in [-0.15, -0.1) is 0 Å². The van der Waals surface area contributed by atoms with Crippen LogP contribution >= 0.6 is 0 Å². The molecule has 1 N–H and O–H groups in total. The Morgan fingerprint density at radius 3 is 2.53 bits per heavy atom. The number of hydrogen-bond donors (Lipinski definition) is 1. The quantitative estimate of drug-likeness (QED) is 0.819. The van der Waals surface area contributed by atoms with E-state index < -0.39 is 0 Å². The van der Waals surface area contributed by atoms with E-state index in [9.17, 15) is 0 Å². The monoisotopic (exact) mass is 205 g/mol. The van der Waals surface area contributed by atoms with E-state index >= 15 is 0 Å². The van der Waals surface area contributed by atoms with Gasteiger partial charge in [0, 0.05) is 25.4 Å². The number of nitrogens with one attached hydrogen (secondary N) is 1. The van der Waals surface area contributed by atoms with Crippen LogP contribution in [0.2, 0.25) is 0 Å². The third kappa shape index (κ3) is 3.24. The van der Waals surface area contributed by atoms with Gasteiger partial charge in [0.25, 0.3) is 0 Å². The number of ether oxygens (including phenoxy) is 1. The minimum absolute atomic E-state index is 0.778. The zero-order valence-corrected chi connectivity index (χ0v) is 9.33. The predicted molar refractivity (Wildman–Crippen MR) is 63.2 cm³/mol. The lowest BCUT2D eigenvalue weighted by Crippen LogP contribution is -2.22. The first kappa shape index (κ1) is 10.5. The van der Waals surface area contributed by atoms with Gasteiger partial charge in [0.15, 0.2) is 0 Å². The standard InChI is InChI=1S/C13H19NO/c1-11-2-4-13(5-3-11)14-10-12-6-8-15-9-7-12/h2-5,12,14H,6-10H2,1H3. The molecule has 15 heavy (non-hydrogen) atoms. The average Bonchev–Trinajstić information content (AvgIpc) is 2.30. The molecule has 1 saturated heterocycles. The molecule has 1 aromatic carbocycles. The summed E-state index contributed by atoms with van der Waals surface area (Å²) < 4.78 is 5.34. The molecule has 0 saturated carbocycles. The summed E-state index contributed by atoms with van der Waals surface area (Å²) in [5, 5.41) is 3.49. The van der Waals surface area contributed by atoms with E-state index in [2.05, 4.69) is 36.5 Å². The minimum atomic E-state index is 0.778. The highest BCUT2D eigenvalue weighted by Gasteiger charge is 2.12. The van der Waals surface area contributed by atoms with Crippen LogP contribution < -0.4 is 5.32 Å². The van der Waals surface area contributed by atoms with Crippen LogP contribution in [0.3, 0.4) is 0 Å². The average molecular weight is 205 g/mol. The highest BCUT2D eigenvalue weighted by atomic mass is 16.5. The zero-order valence-electron chi connectivity index (χ0n) is 9.33. The molecule has 0 aliphatic carbocycles. The number of hydrogen-bond acceptors (Lipinski definition) is 2. The van der Waals surface area contributed by atoms with Crippen LogP contribution in [0, 0.1) is 12.8 Å². The van der Waals surface area contributed by atoms with Gasteiger partial charge in [-0.25, -0.2) is 0 Å². The van der Waals surface area contributed by atoms with Gasteiger partial charge in [-0.2, -0.15) is 0 Å².